The van der Waals surface area contributed by atoms with Crippen LogP contribution in [0.5, 0.6) is 5.75 Å². The Labute approximate surface area is 183 Å². The zero-order valence-electron chi connectivity index (χ0n) is 17.5. The molecule has 30 heavy (non-hydrogen) atoms. The van der Waals surface area contributed by atoms with Crippen molar-refractivity contribution in [3.05, 3.63) is 58.1 Å². The van der Waals surface area contributed by atoms with Crippen LogP contribution in [0.4, 0.5) is 5.69 Å². The normalized spacial score (nSPS) is 16.3. The predicted octanol–water partition coefficient (Wildman–Crippen LogP) is 3.41. The van der Waals surface area contributed by atoms with Crippen molar-refractivity contribution < 1.29 is 14.6 Å². The first-order chi connectivity index (χ1) is 14.4. The Kier molecular flexibility index (Phi) is 7.58. The molecule has 2 aromatic rings. The molecule has 6 nitrogen and oxygen atoms in total. The summed E-state index contributed by atoms with van der Waals surface area (Å²) in [4.78, 5) is 14.9. The number of nitrogens with one attached hydrogen (secondary N) is 1. The van der Waals surface area contributed by atoms with Gasteiger partial charge in [0.1, 0.15) is 5.75 Å². The van der Waals surface area contributed by atoms with Gasteiger partial charge in [-0.3, -0.25) is 4.79 Å². The standard InChI is InChI=1S/C23H30ClN3O3/c1-15-3-5-17(6-4-15)21(28)14-27-9-7-16(8-10-27)13-26-23(29)18-11-19(24)20(25)12-22(18)30-2/h3-6,11-12,16,21,28H,7-10,13-14,25H2,1-2H3,(H,26,29). The molecule has 3 rings (SSSR count). The van der Waals surface area contributed by atoms with Crippen LogP contribution in [0.2, 0.25) is 5.02 Å². The van der Waals surface area contributed by atoms with Gasteiger partial charge in [-0.05, 0) is 50.4 Å². The van der Waals surface area contributed by atoms with Crippen LogP contribution in [0.1, 0.15) is 40.4 Å². The molecule has 0 saturated carbocycles. The van der Waals surface area contributed by atoms with Crippen LogP contribution in [-0.2, 0) is 0 Å². The molecule has 4 N–H and O–H groups in total. The molecular formula is C23H30ClN3O3. The lowest BCUT2D eigenvalue weighted by Crippen LogP contribution is -2.40. The molecule has 162 valence electrons. The number of aliphatic hydroxyl groups excluding tert-OH is 1. The van der Waals surface area contributed by atoms with Gasteiger partial charge in [0.25, 0.3) is 5.91 Å². The van der Waals surface area contributed by atoms with E-state index < -0.39 is 6.10 Å². The molecule has 1 fully saturated rings. The number of nitrogens with zero attached hydrogens (tertiary/aromatic N) is 1. The summed E-state index contributed by atoms with van der Waals surface area (Å²) in [5.74, 6) is 0.595. The molecular weight excluding hydrogens is 402 g/mol. The summed E-state index contributed by atoms with van der Waals surface area (Å²) >= 11 is 6.06. The number of ether oxygens (including phenoxy) is 1. The third-order valence-electron chi connectivity index (χ3n) is 5.72. The molecule has 7 heteroatoms. The van der Waals surface area contributed by atoms with Crippen molar-refractivity contribution >= 4 is 23.2 Å². The lowest BCUT2D eigenvalue weighted by molar-refractivity contribution is 0.0851. The number of nitrogens with two attached hydrogens (primary N) is 1. The average Bonchev–Trinajstić information content (AvgIpc) is 2.75. The van der Waals surface area contributed by atoms with Crippen molar-refractivity contribution in [3.63, 3.8) is 0 Å². The van der Waals surface area contributed by atoms with Gasteiger partial charge in [0.2, 0.25) is 0 Å². The van der Waals surface area contributed by atoms with Gasteiger partial charge in [0, 0.05) is 19.2 Å². The molecule has 0 spiro atoms. The van der Waals surface area contributed by atoms with Crippen LogP contribution in [0.15, 0.2) is 36.4 Å². The fourth-order valence-corrected chi connectivity index (χ4v) is 3.92. The number of aliphatic hydroxyl groups is 1. The van der Waals surface area contributed by atoms with E-state index in [4.69, 9.17) is 22.1 Å². The van der Waals surface area contributed by atoms with E-state index in [0.29, 0.717) is 41.0 Å². The predicted molar refractivity (Wildman–Crippen MR) is 120 cm³/mol. The number of methoxy groups -OCH3 is 1. The molecule has 1 heterocycles. The number of carbonyl (C=O) groups excluding carboxylic acids is 1. The zero-order chi connectivity index (χ0) is 21.7. The van der Waals surface area contributed by atoms with Gasteiger partial charge in [-0.25, -0.2) is 0 Å². The first-order valence-electron chi connectivity index (χ1n) is 10.3. The molecule has 1 saturated heterocycles. The second kappa shape index (κ2) is 10.2. The van der Waals surface area contributed by atoms with Gasteiger partial charge in [-0.2, -0.15) is 0 Å². The SMILES string of the molecule is COc1cc(N)c(Cl)cc1C(=O)NCC1CCN(CC(O)c2ccc(C)cc2)CC1. The molecule has 1 aliphatic rings. The minimum atomic E-state index is -0.482. The van der Waals surface area contributed by atoms with Crippen molar-refractivity contribution in [3.8, 4) is 5.75 Å². The molecule has 2 aromatic carbocycles. The fraction of sp³-hybridized carbons (Fsp3) is 0.435. The number of nitrogen functional groups attached to an aromatic ring is 1. The van der Waals surface area contributed by atoms with E-state index in [1.165, 1.54) is 12.7 Å². The van der Waals surface area contributed by atoms with Crippen molar-refractivity contribution in [2.45, 2.75) is 25.9 Å². The number of rotatable bonds is 7. The Morgan fingerprint density at radius 2 is 1.97 bits per heavy atom. The maximum atomic E-state index is 12.6. The Hall–Kier alpha value is -2.28. The minimum Gasteiger partial charge on any atom is -0.496 e. The maximum Gasteiger partial charge on any atom is 0.255 e. The highest BCUT2D eigenvalue weighted by Crippen LogP contribution is 2.29. The molecule has 1 unspecified atom stereocenters. The Balaban J connectivity index is 1.46. The number of likely N-dealkylation sites (tertiary alicyclic amines) is 1. The summed E-state index contributed by atoms with van der Waals surface area (Å²) in [6.45, 7) is 5.07. The molecule has 0 aliphatic carbocycles. The number of halogens is 1. The first kappa shape index (κ1) is 22.4. The average molecular weight is 432 g/mol. The number of hydrogen-bond acceptors (Lipinski definition) is 5. The maximum absolute atomic E-state index is 12.6. The van der Waals surface area contributed by atoms with Gasteiger partial charge in [0.15, 0.2) is 0 Å². The molecule has 0 bridgehead atoms. The number of β-amino-alcohol motifs (C(OH)–C–C–N with tert-alkyl or cyclic N) is 1. The van der Waals surface area contributed by atoms with Crippen LogP contribution in [-0.4, -0.2) is 49.2 Å². The molecule has 0 aromatic heterocycles. The highest BCUT2D eigenvalue weighted by atomic mass is 35.5. The van der Waals surface area contributed by atoms with Gasteiger partial charge < -0.3 is 25.8 Å². The minimum absolute atomic E-state index is 0.217. The third kappa shape index (κ3) is 5.65. The van der Waals surface area contributed by atoms with E-state index in [1.54, 1.807) is 12.1 Å². The first-order valence-corrected chi connectivity index (χ1v) is 10.6. The van der Waals surface area contributed by atoms with E-state index in [-0.39, 0.29) is 5.91 Å². The van der Waals surface area contributed by atoms with Gasteiger partial charge >= 0.3 is 0 Å². The van der Waals surface area contributed by atoms with E-state index in [2.05, 4.69) is 10.2 Å². The Morgan fingerprint density at radius 1 is 1.30 bits per heavy atom. The number of amides is 1. The summed E-state index contributed by atoms with van der Waals surface area (Å²) in [6, 6.07) is 11.1. The number of aryl methyl sites for hydroxylation is 1. The van der Waals surface area contributed by atoms with Crippen LogP contribution in [0.3, 0.4) is 0 Å². The van der Waals surface area contributed by atoms with Crippen molar-refractivity contribution in [2.75, 3.05) is 39.0 Å². The lowest BCUT2D eigenvalue weighted by Gasteiger charge is -2.33. The van der Waals surface area contributed by atoms with Crippen LogP contribution in [0.25, 0.3) is 0 Å². The quantitative estimate of drug-likeness (QED) is 0.584. The summed E-state index contributed by atoms with van der Waals surface area (Å²) in [5, 5.41) is 13.8. The van der Waals surface area contributed by atoms with E-state index in [0.717, 1.165) is 31.5 Å². The van der Waals surface area contributed by atoms with E-state index in [9.17, 15) is 9.90 Å². The summed E-state index contributed by atoms with van der Waals surface area (Å²) in [6.07, 6.45) is 1.46. The second-order valence-corrected chi connectivity index (χ2v) is 8.36. The van der Waals surface area contributed by atoms with E-state index >= 15 is 0 Å². The topological polar surface area (TPSA) is 87.8 Å². The zero-order valence-corrected chi connectivity index (χ0v) is 18.3. The highest BCUT2D eigenvalue weighted by Gasteiger charge is 2.23. The number of carbonyl (C=O) groups is 1. The third-order valence-corrected chi connectivity index (χ3v) is 6.04. The molecule has 1 aliphatic heterocycles. The number of benzene rings is 2. The molecule has 0 radical (unpaired) electrons. The number of hydrogen-bond donors (Lipinski definition) is 3. The van der Waals surface area contributed by atoms with E-state index in [1.807, 2.05) is 31.2 Å². The van der Waals surface area contributed by atoms with Crippen LogP contribution in [0, 0.1) is 12.8 Å². The largest absolute Gasteiger partial charge is 0.496 e. The molecule has 1 atom stereocenters. The van der Waals surface area contributed by atoms with Gasteiger partial charge in [-0.1, -0.05) is 41.4 Å². The fourth-order valence-electron chi connectivity index (χ4n) is 3.76. The van der Waals surface area contributed by atoms with Crippen molar-refractivity contribution in [1.29, 1.82) is 0 Å². The highest BCUT2D eigenvalue weighted by molar-refractivity contribution is 6.33. The van der Waals surface area contributed by atoms with Gasteiger partial charge in [0.05, 0.1) is 29.5 Å². The number of anilines is 1. The second-order valence-electron chi connectivity index (χ2n) is 7.95. The van der Waals surface area contributed by atoms with Crippen LogP contribution >= 0.6 is 11.6 Å². The van der Waals surface area contributed by atoms with Crippen LogP contribution < -0.4 is 15.8 Å². The summed E-state index contributed by atoms with van der Waals surface area (Å²) < 4.78 is 5.26. The monoisotopic (exact) mass is 431 g/mol. The smallest absolute Gasteiger partial charge is 0.255 e. The Bertz CT molecular complexity index is 865. The van der Waals surface area contributed by atoms with Gasteiger partial charge in [-0.15, -0.1) is 0 Å². The Morgan fingerprint density at radius 3 is 2.60 bits per heavy atom. The van der Waals surface area contributed by atoms with Crippen molar-refractivity contribution in [2.24, 2.45) is 5.92 Å². The molecule has 1 amide bonds. The number of piperidine rings is 1. The lowest BCUT2D eigenvalue weighted by atomic mass is 9.96. The summed E-state index contributed by atoms with van der Waals surface area (Å²) in [7, 11) is 1.50. The van der Waals surface area contributed by atoms with Crippen molar-refractivity contribution in [1.82, 2.24) is 10.2 Å². The summed E-state index contributed by atoms with van der Waals surface area (Å²) in [5.41, 5.74) is 8.68.